The third kappa shape index (κ3) is 2.97. The van der Waals surface area contributed by atoms with Crippen LogP contribution >= 0.6 is 15.9 Å². The van der Waals surface area contributed by atoms with E-state index in [1.54, 1.807) is 25.3 Å². The number of methoxy groups -OCH3 is 1. The monoisotopic (exact) mass is 355 g/mol. The average Bonchev–Trinajstić information content (AvgIpc) is 2.99. The van der Waals surface area contributed by atoms with Gasteiger partial charge in [-0.3, -0.25) is 4.79 Å². The molecule has 0 atom stereocenters. The number of carbonyl (C=O) groups excluding carboxylic acids is 1. The van der Waals surface area contributed by atoms with Crippen LogP contribution in [-0.4, -0.2) is 24.1 Å². The van der Waals surface area contributed by atoms with Gasteiger partial charge in [0.1, 0.15) is 11.2 Å². The van der Waals surface area contributed by atoms with Gasteiger partial charge in [0.15, 0.2) is 5.84 Å². The van der Waals surface area contributed by atoms with E-state index in [1.165, 1.54) is 0 Å². The number of benzene rings is 1. The Labute approximate surface area is 131 Å². The van der Waals surface area contributed by atoms with Crippen molar-refractivity contribution in [1.29, 1.82) is 0 Å². The van der Waals surface area contributed by atoms with E-state index in [9.17, 15) is 4.79 Å². The summed E-state index contributed by atoms with van der Waals surface area (Å²) in [5.74, 6) is 0.346. The number of nitrogens with two attached hydrogens (primary N) is 1. The zero-order chi connectivity index (χ0) is 15.5. The third-order valence-corrected chi connectivity index (χ3v) is 4.55. The number of ether oxygens (including phenoxy) is 1. The Morgan fingerprint density at radius 2 is 2.14 bits per heavy atom. The molecule has 1 aromatic carbocycles. The van der Waals surface area contributed by atoms with Gasteiger partial charge < -0.3 is 21.0 Å². The van der Waals surface area contributed by atoms with Crippen LogP contribution in [0.5, 0.6) is 5.75 Å². The van der Waals surface area contributed by atoms with Gasteiger partial charge in [0, 0.05) is 11.8 Å². The molecule has 1 amide bonds. The number of hydrogen-bond acceptors (Lipinski definition) is 4. The lowest BCUT2D eigenvalue weighted by Gasteiger charge is -2.26. The maximum atomic E-state index is 12.6. The highest BCUT2D eigenvalue weighted by Gasteiger charge is 2.45. The Bertz CT molecular complexity index is 569. The quantitative estimate of drug-likeness (QED) is 0.334. The second kappa shape index (κ2) is 6.34. The maximum Gasteiger partial charge on any atom is 0.238 e. The van der Waals surface area contributed by atoms with Gasteiger partial charge >= 0.3 is 0 Å². The molecule has 0 aromatic heterocycles. The number of halogens is 1. The lowest BCUT2D eigenvalue weighted by atomic mass is 9.83. The van der Waals surface area contributed by atoms with Crippen molar-refractivity contribution in [2.75, 3.05) is 12.4 Å². The molecule has 0 aliphatic heterocycles. The van der Waals surface area contributed by atoms with E-state index in [2.05, 4.69) is 26.4 Å². The minimum Gasteiger partial charge on any atom is -0.495 e. The maximum absolute atomic E-state index is 12.6. The minimum absolute atomic E-state index is 0.0263. The molecule has 0 heterocycles. The van der Waals surface area contributed by atoms with Crippen molar-refractivity contribution < 1.29 is 14.7 Å². The van der Waals surface area contributed by atoms with E-state index >= 15 is 0 Å². The molecule has 1 saturated carbocycles. The molecule has 1 aliphatic rings. The van der Waals surface area contributed by atoms with Crippen molar-refractivity contribution in [1.82, 2.24) is 0 Å². The topological polar surface area (TPSA) is 96.9 Å². The first-order chi connectivity index (χ1) is 10.0. The standard InChI is InChI=1S/C14H18BrN3O3/c1-21-11-8-9(4-5-10(11)15)17-13(19)14(12(16)18-20)6-2-3-7-14/h4-5,8,20H,2-3,6-7H2,1H3,(H2,16,18)(H,17,19). The molecule has 7 heteroatoms. The van der Waals surface area contributed by atoms with Gasteiger partial charge in [-0.1, -0.05) is 18.0 Å². The summed E-state index contributed by atoms with van der Waals surface area (Å²) in [6.45, 7) is 0. The van der Waals surface area contributed by atoms with Gasteiger partial charge in [-0.25, -0.2) is 0 Å². The Kier molecular flexibility index (Phi) is 4.72. The van der Waals surface area contributed by atoms with E-state index in [0.717, 1.165) is 17.3 Å². The smallest absolute Gasteiger partial charge is 0.238 e. The highest BCUT2D eigenvalue weighted by molar-refractivity contribution is 9.10. The fourth-order valence-corrected chi connectivity index (χ4v) is 3.07. The molecule has 1 aliphatic carbocycles. The molecule has 0 bridgehead atoms. The molecule has 1 aromatic rings. The normalized spacial score (nSPS) is 17.5. The predicted octanol–water partition coefficient (Wildman–Crippen LogP) is 2.70. The number of oxime groups is 1. The van der Waals surface area contributed by atoms with Crippen LogP contribution in [0.25, 0.3) is 0 Å². The van der Waals surface area contributed by atoms with Crippen LogP contribution in [0.4, 0.5) is 5.69 Å². The van der Waals surface area contributed by atoms with Crippen LogP contribution in [0.15, 0.2) is 27.8 Å². The van der Waals surface area contributed by atoms with Crippen molar-refractivity contribution in [2.24, 2.45) is 16.3 Å². The number of rotatable bonds is 4. The SMILES string of the molecule is COc1cc(NC(=O)C2(/C(N)=N/O)CCCC2)ccc1Br. The van der Waals surface area contributed by atoms with Crippen molar-refractivity contribution in [3.8, 4) is 5.75 Å². The minimum atomic E-state index is -0.922. The number of nitrogens with one attached hydrogen (secondary N) is 1. The van der Waals surface area contributed by atoms with Crippen LogP contribution in [-0.2, 0) is 4.79 Å². The van der Waals surface area contributed by atoms with Crippen LogP contribution < -0.4 is 15.8 Å². The van der Waals surface area contributed by atoms with E-state index in [4.69, 9.17) is 15.7 Å². The number of amides is 1. The molecule has 2 rings (SSSR count). The number of anilines is 1. The zero-order valence-corrected chi connectivity index (χ0v) is 13.3. The molecular weight excluding hydrogens is 338 g/mol. The van der Waals surface area contributed by atoms with Crippen molar-refractivity contribution in [3.63, 3.8) is 0 Å². The Morgan fingerprint density at radius 1 is 1.48 bits per heavy atom. The summed E-state index contributed by atoms with van der Waals surface area (Å²) in [7, 11) is 1.56. The number of carbonyl (C=O) groups is 1. The van der Waals surface area contributed by atoms with Crippen LogP contribution in [0.1, 0.15) is 25.7 Å². The second-order valence-corrected chi connectivity index (χ2v) is 5.93. The van der Waals surface area contributed by atoms with Gasteiger partial charge in [0.25, 0.3) is 0 Å². The molecule has 1 fully saturated rings. The van der Waals surface area contributed by atoms with Crippen LogP contribution in [0.3, 0.4) is 0 Å². The molecule has 0 saturated heterocycles. The first-order valence-corrected chi connectivity index (χ1v) is 7.46. The highest BCUT2D eigenvalue weighted by Crippen LogP contribution is 2.39. The lowest BCUT2D eigenvalue weighted by Crippen LogP contribution is -2.45. The van der Waals surface area contributed by atoms with Gasteiger partial charge in [0.05, 0.1) is 11.6 Å². The fourth-order valence-electron chi connectivity index (χ4n) is 2.66. The Balaban J connectivity index is 2.24. The lowest BCUT2D eigenvalue weighted by molar-refractivity contribution is -0.122. The summed E-state index contributed by atoms with van der Waals surface area (Å²) >= 11 is 3.36. The molecule has 0 spiro atoms. The van der Waals surface area contributed by atoms with Gasteiger partial charge in [0.2, 0.25) is 5.91 Å². The number of nitrogens with zero attached hydrogens (tertiary/aromatic N) is 1. The van der Waals surface area contributed by atoms with E-state index < -0.39 is 5.41 Å². The summed E-state index contributed by atoms with van der Waals surface area (Å²) in [5, 5.41) is 14.8. The average molecular weight is 356 g/mol. The van der Waals surface area contributed by atoms with E-state index in [0.29, 0.717) is 24.3 Å². The van der Waals surface area contributed by atoms with E-state index in [1.807, 2.05) is 0 Å². The molecule has 21 heavy (non-hydrogen) atoms. The second-order valence-electron chi connectivity index (χ2n) is 5.08. The first kappa shape index (κ1) is 15.6. The summed E-state index contributed by atoms with van der Waals surface area (Å²) in [6, 6.07) is 5.27. The zero-order valence-electron chi connectivity index (χ0n) is 11.7. The van der Waals surface area contributed by atoms with Gasteiger partial charge in [-0.05, 0) is 40.9 Å². The first-order valence-electron chi connectivity index (χ1n) is 6.66. The molecule has 6 nitrogen and oxygen atoms in total. The predicted molar refractivity (Wildman–Crippen MR) is 83.6 cm³/mol. The summed E-state index contributed by atoms with van der Waals surface area (Å²) in [4.78, 5) is 12.6. The molecule has 4 N–H and O–H groups in total. The molecule has 0 radical (unpaired) electrons. The Hall–Kier alpha value is -1.76. The highest BCUT2D eigenvalue weighted by atomic mass is 79.9. The molecular formula is C14H18BrN3O3. The van der Waals surface area contributed by atoms with Crippen LogP contribution in [0.2, 0.25) is 0 Å². The van der Waals surface area contributed by atoms with Crippen LogP contribution in [0, 0.1) is 5.41 Å². The number of amidine groups is 1. The third-order valence-electron chi connectivity index (χ3n) is 3.90. The molecule has 114 valence electrons. The Morgan fingerprint density at radius 3 is 2.71 bits per heavy atom. The summed E-state index contributed by atoms with van der Waals surface area (Å²) in [5.41, 5.74) is 5.44. The van der Waals surface area contributed by atoms with Gasteiger partial charge in [-0.2, -0.15) is 0 Å². The molecule has 0 unspecified atom stereocenters. The van der Waals surface area contributed by atoms with Crippen molar-refractivity contribution >= 4 is 33.4 Å². The summed E-state index contributed by atoms with van der Waals surface area (Å²) in [6.07, 6.45) is 2.94. The van der Waals surface area contributed by atoms with Crippen molar-refractivity contribution in [3.05, 3.63) is 22.7 Å². The van der Waals surface area contributed by atoms with Gasteiger partial charge in [-0.15, -0.1) is 0 Å². The van der Waals surface area contributed by atoms with E-state index in [-0.39, 0.29) is 11.7 Å². The summed E-state index contributed by atoms with van der Waals surface area (Å²) < 4.78 is 6.00. The largest absolute Gasteiger partial charge is 0.495 e. The fraction of sp³-hybridized carbons (Fsp3) is 0.429. The van der Waals surface area contributed by atoms with Crippen molar-refractivity contribution in [2.45, 2.75) is 25.7 Å². The number of hydrogen-bond donors (Lipinski definition) is 3.